The van der Waals surface area contributed by atoms with Crippen molar-refractivity contribution in [3.8, 4) is 17.6 Å². The lowest BCUT2D eigenvalue weighted by Crippen LogP contribution is -2.34. The fourth-order valence-electron chi connectivity index (χ4n) is 1.61. The minimum atomic E-state index is -0.181. The molecule has 0 saturated heterocycles. The zero-order valence-electron chi connectivity index (χ0n) is 11.1. The number of rotatable bonds is 7. The molecule has 1 aromatic rings. The SMILES string of the molecule is COc1ccccc1OCCC(C#N)NC(C)C. The molecule has 1 atom stereocenters. The van der Waals surface area contributed by atoms with Gasteiger partial charge >= 0.3 is 0 Å². The van der Waals surface area contributed by atoms with Crippen LogP contribution in [0.25, 0.3) is 0 Å². The number of hydrogen-bond donors (Lipinski definition) is 1. The minimum Gasteiger partial charge on any atom is -0.493 e. The molecule has 0 heterocycles. The third-order valence-electron chi connectivity index (χ3n) is 2.42. The Hall–Kier alpha value is -1.73. The third kappa shape index (κ3) is 4.64. The van der Waals surface area contributed by atoms with Crippen molar-refractivity contribution in [2.75, 3.05) is 13.7 Å². The first-order valence-corrected chi connectivity index (χ1v) is 6.09. The Morgan fingerprint density at radius 2 is 1.94 bits per heavy atom. The van der Waals surface area contributed by atoms with Gasteiger partial charge in [0.15, 0.2) is 11.5 Å². The van der Waals surface area contributed by atoms with E-state index < -0.39 is 0 Å². The van der Waals surface area contributed by atoms with Gasteiger partial charge in [-0.05, 0) is 26.0 Å². The van der Waals surface area contributed by atoms with Crippen LogP contribution in [0.3, 0.4) is 0 Å². The maximum Gasteiger partial charge on any atom is 0.161 e. The van der Waals surface area contributed by atoms with Crippen LogP contribution in [0.1, 0.15) is 20.3 Å². The van der Waals surface area contributed by atoms with E-state index in [0.717, 1.165) is 0 Å². The Kier molecular flexibility index (Phi) is 6.03. The van der Waals surface area contributed by atoms with Gasteiger partial charge in [-0.25, -0.2) is 0 Å². The van der Waals surface area contributed by atoms with Crippen molar-refractivity contribution in [2.45, 2.75) is 32.4 Å². The molecule has 1 unspecified atom stereocenters. The van der Waals surface area contributed by atoms with E-state index in [4.69, 9.17) is 14.7 Å². The van der Waals surface area contributed by atoms with E-state index in [2.05, 4.69) is 11.4 Å². The highest BCUT2D eigenvalue weighted by molar-refractivity contribution is 5.39. The van der Waals surface area contributed by atoms with Gasteiger partial charge in [0.05, 0.1) is 25.8 Å². The Labute approximate surface area is 109 Å². The van der Waals surface area contributed by atoms with Gasteiger partial charge in [-0.3, -0.25) is 5.32 Å². The largest absolute Gasteiger partial charge is 0.493 e. The fourth-order valence-corrected chi connectivity index (χ4v) is 1.61. The second-order valence-corrected chi connectivity index (χ2v) is 4.29. The molecule has 4 nitrogen and oxygen atoms in total. The van der Waals surface area contributed by atoms with Crippen molar-refractivity contribution >= 4 is 0 Å². The lowest BCUT2D eigenvalue weighted by molar-refractivity contribution is 0.277. The van der Waals surface area contributed by atoms with Crippen molar-refractivity contribution < 1.29 is 9.47 Å². The highest BCUT2D eigenvalue weighted by Crippen LogP contribution is 2.25. The van der Waals surface area contributed by atoms with Gasteiger partial charge in [0, 0.05) is 12.5 Å². The van der Waals surface area contributed by atoms with Crippen LogP contribution in [0.4, 0.5) is 0 Å². The lowest BCUT2D eigenvalue weighted by Gasteiger charge is -2.15. The number of hydrogen-bond acceptors (Lipinski definition) is 4. The van der Waals surface area contributed by atoms with Gasteiger partial charge in [-0.1, -0.05) is 12.1 Å². The Morgan fingerprint density at radius 3 is 2.50 bits per heavy atom. The van der Waals surface area contributed by atoms with Crippen LogP contribution in [-0.4, -0.2) is 25.8 Å². The number of benzene rings is 1. The normalized spacial score (nSPS) is 11.9. The van der Waals surface area contributed by atoms with Crippen LogP contribution in [0.5, 0.6) is 11.5 Å². The van der Waals surface area contributed by atoms with E-state index in [9.17, 15) is 0 Å². The maximum absolute atomic E-state index is 8.98. The molecule has 98 valence electrons. The van der Waals surface area contributed by atoms with Gasteiger partial charge in [-0.2, -0.15) is 5.26 Å². The lowest BCUT2D eigenvalue weighted by atomic mass is 10.2. The zero-order valence-corrected chi connectivity index (χ0v) is 11.1. The fraction of sp³-hybridized carbons (Fsp3) is 0.500. The average Bonchev–Trinajstić information content (AvgIpc) is 2.37. The topological polar surface area (TPSA) is 54.3 Å². The molecule has 0 fully saturated rings. The van der Waals surface area contributed by atoms with E-state index >= 15 is 0 Å². The summed E-state index contributed by atoms with van der Waals surface area (Å²) in [5, 5.41) is 12.2. The predicted octanol–water partition coefficient (Wildman–Crippen LogP) is 2.35. The smallest absolute Gasteiger partial charge is 0.161 e. The molecular formula is C14H20N2O2. The summed E-state index contributed by atoms with van der Waals surface area (Å²) in [4.78, 5) is 0. The Bertz CT molecular complexity index is 399. The van der Waals surface area contributed by atoms with E-state index in [1.54, 1.807) is 7.11 Å². The molecule has 18 heavy (non-hydrogen) atoms. The van der Waals surface area contributed by atoms with Crippen LogP contribution >= 0.6 is 0 Å². The molecule has 0 aliphatic carbocycles. The maximum atomic E-state index is 8.98. The molecule has 0 spiro atoms. The van der Waals surface area contributed by atoms with Crippen LogP contribution in [-0.2, 0) is 0 Å². The van der Waals surface area contributed by atoms with Gasteiger partial charge < -0.3 is 9.47 Å². The second-order valence-electron chi connectivity index (χ2n) is 4.29. The summed E-state index contributed by atoms with van der Waals surface area (Å²) >= 11 is 0. The first kappa shape index (κ1) is 14.3. The number of para-hydroxylation sites is 2. The molecule has 4 heteroatoms. The average molecular weight is 248 g/mol. The first-order chi connectivity index (χ1) is 8.67. The van der Waals surface area contributed by atoms with Crippen molar-refractivity contribution in [1.82, 2.24) is 5.32 Å². The molecule has 0 saturated carbocycles. The monoisotopic (exact) mass is 248 g/mol. The summed E-state index contributed by atoms with van der Waals surface area (Å²) < 4.78 is 10.8. The summed E-state index contributed by atoms with van der Waals surface area (Å²) in [5.41, 5.74) is 0. The number of nitriles is 1. The summed E-state index contributed by atoms with van der Waals surface area (Å²) in [6.45, 7) is 4.52. The molecule has 0 aliphatic rings. The van der Waals surface area contributed by atoms with E-state index in [1.165, 1.54) is 0 Å². The predicted molar refractivity (Wildman–Crippen MR) is 70.8 cm³/mol. The molecule has 0 amide bonds. The third-order valence-corrected chi connectivity index (χ3v) is 2.42. The molecule has 1 rings (SSSR count). The summed E-state index contributed by atoms with van der Waals surface area (Å²) in [7, 11) is 1.61. The highest BCUT2D eigenvalue weighted by Gasteiger charge is 2.09. The van der Waals surface area contributed by atoms with Crippen LogP contribution < -0.4 is 14.8 Å². The highest BCUT2D eigenvalue weighted by atomic mass is 16.5. The van der Waals surface area contributed by atoms with Gasteiger partial charge in [0.1, 0.15) is 0 Å². The van der Waals surface area contributed by atoms with Gasteiger partial charge in [-0.15, -0.1) is 0 Å². The zero-order chi connectivity index (χ0) is 13.4. The quantitative estimate of drug-likeness (QED) is 0.804. The van der Waals surface area contributed by atoms with Crippen molar-refractivity contribution in [3.05, 3.63) is 24.3 Å². The molecule has 1 aromatic carbocycles. The molecule has 0 bridgehead atoms. The number of nitrogens with zero attached hydrogens (tertiary/aromatic N) is 1. The van der Waals surface area contributed by atoms with E-state index in [-0.39, 0.29) is 6.04 Å². The molecule has 1 N–H and O–H groups in total. The standard InChI is InChI=1S/C14H20N2O2/c1-11(2)16-12(10-15)8-9-18-14-7-5-4-6-13(14)17-3/h4-7,11-12,16H,8-9H2,1-3H3. The van der Waals surface area contributed by atoms with Crippen molar-refractivity contribution in [2.24, 2.45) is 0 Å². The Balaban J connectivity index is 2.43. The van der Waals surface area contributed by atoms with E-state index in [0.29, 0.717) is 30.6 Å². The van der Waals surface area contributed by atoms with Crippen LogP contribution in [0.2, 0.25) is 0 Å². The summed E-state index contributed by atoms with van der Waals surface area (Å²) in [6, 6.07) is 9.83. The summed E-state index contributed by atoms with van der Waals surface area (Å²) in [6.07, 6.45) is 0.646. The molecule has 0 aromatic heterocycles. The Morgan fingerprint density at radius 1 is 1.28 bits per heavy atom. The second kappa shape index (κ2) is 7.57. The molecular weight excluding hydrogens is 228 g/mol. The van der Waals surface area contributed by atoms with Crippen LogP contribution in [0.15, 0.2) is 24.3 Å². The first-order valence-electron chi connectivity index (χ1n) is 6.09. The van der Waals surface area contributed by atoms with Crippen molar-refractivity contribution in [3.63, 3.8) is 0 Å². The van der Waals surface area contributed by atoms with Crippen molar-refractivity contribution in [1.29, 1.82) is 5.26 Å². The van der Waals surface area contributed by atoms with E-state index in [1.807, 2.05) is 38.1 Å². The van der Waals surface area contributed by atoms with Gasteiger partial charge in [0.25, 0.3) is 0 Å². The number of methoxy groups -OCH3 is 1. The number of ether oxygens (including phenoxy) is 2. The number of nitrogens with one attached hydrogen (secondary N) is 1. The summed E-state index contributed by atoms with van der Waals surface area (Å²) in [5.74, 6) is 1.42. The van der Waals surface area contributed by atoms with Gasteiger partial charge in [0.2, 0.25) is 0 Å². The molecule has 0 radical (unpaired) electrons. The van der Waals surface area contributed by atoms with Crippen LogP contribution in [0, 0.1) is 11.3 Å². The minimum absolute atomic E-state index is 0.181. The molecule has 0 aliphatic heterocycles.